The zero-order chi connectivity index (χ0) is 6.10. The van der Waals surface area contributed by atoms with E-state index in [9.17, 15) is 0 Å². The molecule has 0 bridgehead atoms. The molecule has 0 atom stereocenters. The van der Waals surface area contributed by atoms with Crippen molar-refractivity contribution < 1.29 is 31.0 Å². The molecule has 1 N–H and O–H groups in total. The molecule has 10 heavy (non-hydrogen) atoms. The maximum Gasteiger partial charge on any atom is 1.00 e. The molecule has 0 aliphatic carbocycles. The monoisotopic (exact) mass is 143 g/mol. The quantitative estimate of drug-likeness (QED) is 0.436. The van der Waals surface area contributed by atoms with Gasteiger partial charge in [0.2, 0.25) is 0 Å². The molecule has 0 unspecified atom stereocenters. The summed E-state index contributed by atoms with van der Waals surface area (Å²) in [6.07, 6.45) is 5.14. The molecular weight excluding hydrogens is 137 g/mol. The van der Waals surface area contributed by atoms with Gasteiger partial charge in [-0.3, -0.25) is 4.98 Å². The van der Waals surface area contributed by atoms with E-state index in [1.54, 1.807) is 18.7 Å². The Hall–Kier alpha value is -0.380. The Balaban J connectivity index is 0.000000500. The van der Waals surface area contributed by atoms with Gasteiger partial charge in [-0.25, -0.2) is 4.98 Å². The maximum atomic E-state index is 4.02. The van der Waals surface area contributed by atoms with E-state index in [1.807, 2.05) is 6.07 Å². The predicted molar refractivity (Wildman–Crippen MR) is 35.0 cm³/mol. The van der Waals surface area contributed by atoms with Crippen LogP contribution in [0.1, 0.15) is 1.43 Å². The van der Waals surface area contributed by atoms with Gasteiger partial charge >= 0.3 is 29.6 Å². The molecule has 3 nitrogen and oxygen atoms in total. The first-order valence-electron chi connectivity index (χ1n) is 2.70. The summed E-state index contributed by atoms with van der Waals surface area (Å²) >= 11 is 0. The molecule has 0 amide bonds. The molecule has 0 saturated heterocycles. The van der Waals surface area contributed by atoms with Crippen molar-refractivity contribution in [2.75, 3.05) is 0 Å². The fraction of sp³-hybridized carbons (Fsp3) is 0. The molecule has 0 fully saturated rings. The first-order valence-corrected chi connectivity index (χ1v) is 2.70. The second kappa shape index (κ2) is 3.14. The molecule has 0 saturated carbocycles. The zero-order valence-electron chi connectivity index (χ0n) is 6.70. The summed E-state index contributed by atoms with van der Waals surface area (Å²) in [5.74, 6) is 0. The van der Waals surface area contributed by atoms with Crippen LogP contribution in [0.25, 0.3) is 11.0 Å². The molecule has 0 spiro atoms. The number of hydrogen-bond acceptors (Lipinski definition) is 2. The molecule has 46 valence electrons. The van der Waals surface area contributed by atoms with Crippen LogP contribution >= 0.6 is 0 Å². The van der Waals surface area contributed by atoms with Gasteiger partial charge in [-0.05, 0) is 6.07 Å². The van der Waals surface area contributed by atoms with Crippen LogP contribution in [-0.4, -0.2) is 15.0 Å². The van der Waals surface area contributed by atoms with Gasteiger partial charge in [-0.1, -0.05) is 0 Å². The van der Waals surface area contributed by atoms with Crippen LogP contribution in [0, 0.1) is 0 Å². The summed E-state index contributed by atoms with van der Waals surface area (Å²) in [6, 6.07) is 1.87. The number of nitrogens with one attached hydrogen (secondary N) is 1. The third-order valence-corrected chi connectivity index (χ3v) is 1.22. The van der Waals surface area contributed by atoms with Gasteiger partial charge in [-0.2, -0.15) is 0 Å². The summed E-state index contributed by atoms with van der Waals surface area (Å²) in [6.45, 7) is 0. The van der Waals surface area contributed by atoms with Crippen molar-refractivity contribution in [2.24, 2.45) is 0 Å². The van der Waals surface area contributed by atoms with Crippen molar-refractivity contribution in [3.63, 3.8) is 0 Å². The Morgan fingerprint density at radius 3 is 3.20 bits per heavy atom. The van der Waals surface area contributed by atoms with Crippen LogP contribution in [-0.2, 0) is 0 Å². The van der Waals surface area contributed by atoms with E-state index < -0.39 is 0 Å². The normalized spacial score (nSPS) is 9.20. The smallest absolute Gasteiger partial charge is 1.00 e. The van der Waals surface area contributed by atoms with E-state index in [0.717, 1.165) is 11.0 Å². The SMILES string of the molecule is [H-].[Na+].c1cc2nc[nH]c2cn1. The Labute approximate surface area is 81.7 Å². The molecule has 0 radical (unpaired) electrons. The van der Waals surface area contributed by atoms with Gasteiger partial charge in [0.05, 0.1) is 23.6 Å². The van der Waals surface area contributed by atoms with Crippen LogP contribution < -0.4 is 29.6 Å². The maximum absolute atomic E-state index is 4.02. The second-order valence-corrected chi connectivity index (χ2v) is 1.80. The van der Waals surface area contributed by atoms with Crippen molar-refractivity contribution in [3.05, 3.63) is 24.8 Å². The van der Waals surface area contributed by atoms with Crippen LogP contribution in [0.3, 0.4) is 0 Å². The molecular formula is C6H6N3Na. The van der Waals surface area contributed by atoms with E-state index in [1.165, 1.54) is 0 Å². The molecule has 2 rings (SSSR count). The standard InChI is InChI=1S/C6H5N3.Na.H/c1-2-7-3-6-5(1)8-4-9-6;;/h1-4H,(H,8,9);;/q;+1;-1. The zero-order valence-corrected chi connectivity index (χ0v) is 7.70. The third-order valence-electron chi connectivity index (χ3n) is 1.22. The number of imidazole rings is 1. The van der Waals surface area contributed by atoms with Crippen molar-refractivity contribution in [3.8, 4) is 0 Å². The van der Waals surface area contributed by atoms with Crippen molar-refractivity contribution in [2.45, 2.75) is 0 Å². The molecule has 2 aromatic heterocycles. The van der Waals surface area contributed by atoms with Crippen LogP contribution in [0.4, 0.5) is 0 Å². The number of aromatic amines is 1. The van der Waals surface area contributed by atoms with Gasteiger partial charge in [0, 0.05) is 6.20 Å². The number of hydrogen-bond donors (Lipinski definition) is 1. The van der Waals surface area contributed by atoms with Gasteiger partial charge in [0.25, 0.3) is 0 Å². The Kier molecular flexibility index (Phi) is 2.43. The Morgan fingerprint density at radius 2 is 2.40 bits per heavy atom. The average Bonchev–Trinajstić information content (AvgIpc) is 2.33. The Bertz CT molecular complexity index is 292. The van der Waals surface area contributed by atoms with Crippen molar-refractivity contribution in [1.29, 1.82) is 0 Å². The van der Waals surface area contributed by atoms with E-state index in [4.69, 9.17) is 0 Å². The van der Waals surface area contributed by atoms with Crippen molar-refractivity contribution >= 4 is 11.0 Å². The number of rotatable bonds is 0. The molecule has 0 aliphatic heterocycles. The first-order chi connectivity index (χ1) is 4.47. The van der Waals surface area contributed by atoms with Crippen LogP contribution in [0.2, 0.25) is 0 Å². The van der Waals surface area contributed by atoms with Crippen molar-refractivity contribution in [1.82, 2.24) is 15.0 Å². The number of fused-ring (bicyclic) bond motifs is 1. The summed E-state index contributed by atoms with van der Waals surface area (Å²) < 4.78 is 0. The number of H-pyrrole nitrogens is 1. The van der Waals surface area contributed by atoms with Gasteiger partial charge in [0.15, 0.2) is 0 Å². The second-order valence-electron chi connectivity index (χ2n) is 1.80. The average molecular weight is 143 g/mol. The molecule has 2 aromatic rings. The molecule has 2 heterocycles. The van der Waals surface area contributed by atoms with Gasteiger partial charge in [-0.15, -0.1) is 0 Å². The number of aromatic nitrogens is 3. The van der Waals surface area contributed by atoms with E-state index in [2.05, 4.69) is 15.0 Å². The predicted octanol–water partition coefficient (Wildman–Crippen LogP) is -1.93. The summed E-state index contributed by atoms with van der Waals surface area (Å²) in [5, 5.41) is 0. The fourth-order valence-electron chi connectivity index (χ4n) is 0.782. The minimum absolute atomic E-state index is 0. The minimum Gasteiger partial charge on any atom is -1.00 e. The topological polar surface area (TPSA) is 41.6 Å². The fourth-order valence-corrected chi connectivity index (χ4v) is 0.782. The van der Waals surface area contributed by atoms with E-state index in [0.29, 0.717) is 0 Å². The first kappa shape index (κ1) is 7.72. The van der Waals surface area contributed by atoms with Crippen LogP contribution in [0.5, 0.6) is 0 Å². The molecule has 4 heteroatoms. The summed E-state index contributed by atoms with van der Waals surface area (Å²) in [4.78, 5) is 10.9. The van der Waals surface area contributed by atoms with Gasteiger partial charge < -0.3 is 6.41 Å². The van der Waals surface area contributed by atoms with E-state index in [-0.39, 0.29) is 31.0 Å². The third kappa shape index (κ3) is 1.21. The van der Waals surface area contributed by atoms with Gasteiger partial charge in [0.1, 0.15) is 0 Å². The largest absolute Gasteiger partial charge is 1.00 e. The molecule has 0 aliphatic rings. The molecule has 0 aromatic carbocycles. The minimum atomic E-state index is 0. The van der Waals surface area contributed by atoms with E-state index >= 15 is 0 Å². The Morgan fingerprint density at radius 1 is 1.50 bits per heavy atom. The number of pyridine rings is 1. The van der Waals surface area contributed by atoms with Crippen LogP contribution in [0.15, 0.2) is 24.8 Å². The summed E-state index contributed by atoms with van der Waals surface area (Å²) in [7, 11) is 0. The number of nitrogens with zero attached hydrogens (tertiary/aromatic N) is 2. The summed E-state index contributed by atoms with van der Waals surface area (Å²) in [5.41, 5.74) is 1.95.